The molecule has 7 nitrogen and oxygen atoms in total. The summed E-state index contributed by atoms with van der Waals surface area (Å²) in [7, 11) is 0. The third-order valence-electron chi connectivity index (χ3n) is 3.10. The van der Waals surface area contributed by atoms with Gasteiger partial charge in [-0.05, 0) is 29.4 Å². The number of benzene rings is 2. The van der Waals surface area contributed by atoms with Gasteiger partial charge in [-0.1, -0.05) is 42.5 Å². The van der Waals surface area contributed by atoms with Crippen LogP contribution >= 0.6 is 12.2 Å². The Bertz CT molecular complexity index is 793. The van der Waals surface area contributed by atoms with Crippen LogP contribution in [0.25, 0.3) is 6.08 Å². The van der Waals surface area contributed by atoms with E-state index in [0.29, 0.717) is 12.1 Å². The molecule has 0 atom stereocenters. The first-order valence-corrected chi connectivity index (χ1v) is 7.76. The minimum Gasteiger partial charge on any atom is -0.357 e. The van der Waals surface area contributed by atoms with E-state index in [1.54, 1.807) is 12.1 Å². The number of hydrogen-bond donors (Lipinski definition) is 3. The van der Waals surface area contributed by atoms with Crippen molar-refractivity contribution in [1.29, 1.82) is 0 Å². The van der Waals surface area contributed by atoms with Crippen LogP contribution in [0.15, 0.2) is 60.7 Å². The summed E-state index contributed by atoms with van der Waals surface area (Å²) in [4.78, 5) is 21.9. The Labute approximate surface area is 149 Å². The highest BCUT2D eigenvalue weighted by Crippen LogP contribution is 2.13. The molecule has 0 radical (unpaired) electrons. The molecule has 128 valence electrons. The van der Waals surface area contributed by atoms with Crippen molar-refractivity contribution >= 4 is 35.0 Å². The smallest absolute Gasteiger partial charge is 0.270 e. The van der Waals surface area contributed by atoms with E-state index < -0.39 is 10.8 Å². The summed E-state index contributed by atoms with van der Waals surface area (Å²) in [6, 6.07) is 15.7. The Balaban J connectivity index is 1.77. The summed E-state index contributed by atoms with van der Waals surface area (Å²) in [6.45, 7) is 0.534. The van der Waals surface area contributed by atoms with Crippen molar-refractivity contribution < 1.29 is 9.72 Å². The summed E-state index contributed by atoms with van der Waals surface area (Å²) in [5.74, 6) is -0.435. The molecule has 0 aliphatic rings. The lowest BCUT2D eigenvalue weighted by atomic mass is 10.2. The maximum atomic E-state index is 11.7. The van der Waals surface area contributed by atoms with Crippen molar-refractivity contribution in [3.05, 3.63) is 81.9 Å². The topological polar surface area (TPSA) is 96.3 Å². The second-order valence-electron chi connectivity index (χ2n) is 4.97. The van der Waals surface area contributed by atoms with Gasteiger partial charge in [0.25, 0.3) is 11.6 Å². The maximum Gasteiger partial charge on any atom is 0.270 e. The Hall–Kier alpha value is -3.26. The van der Waals surface area contributed by atoms with Gasteiger partial charge >= 0.3 is 0 Å². The summed E-state index contributed by atoms with van der Waals surface area (Å²) in [6.07, 6.45) is 2.73. The number of non-ortho nitro benzene ring substituents is 1. The van der Waals surface area contributed by atoms with E-state index >= 15 is 0 Å². The Morgan fingerprint density at radius 2 is 1.88 bits per heavy atom. The zero-order valence-corrected chi connectivity index (χ0v) is 14.0. The summed E-state index contributed by atoms with van der Waals surface area (Å²) in [5.41, 5.74) is 6.57. The predicted octanol–water partition coefficient (Wildman–Crippen LogP) is 2.30. The summed E-state index contributed by atoms with van der Waals surface area (Å²) < 4.78 is 0. The first-order valence-electron chi connectivity index (χ1n) is 7.35. The van der Waals surface area contributed by atoms with Gasteiger partial charge in [-0.25, -0.2) is 0 Å². The second kappa shape index (κ2) is 9.14. The monoisotopic (exact) mass is 356 g/mol. The number of nitrogens with one attached hydrogen (secondary N) is 3. The van der Waals surface area contributed by atoms with E-state index in [1.165, 1.54) is 24.3 Å². The number of rotatable bonds is 5. The Morgan fingerprint density at radius 3 is 2.60 bits per heavy atom. The number of nitro benzene ring substituents is 1. The molecule has 0 unspecified atom stereocenters. The molecule has 0 aliphatic heterocycles. The lowest BCUT2D eigenvalue weighted by molar-refractivity contribution is -0.384. The van der Waals surface area contributed by atoms with Crippen LogP contribution in [0.2, 0.25) is 0 Å². The molecule has 0 aliphatic carbocycles. The number of nitrogens with zero attached hydrogens (tertiary/aromatic N) is 1. The van der Waals surface area contributed by atoms with Crippen molar-refractivity contribution in [3.63, 3.8) is 0 Å². The molecule has 0 bridgehead atoms. The lowest BCUT2D eigenvalue weighted by Gasteiger charge is -2.10. The van der Waals surface area contributed by atoms with Crippen LogP contribution in [0.1, 0.15) is 11.1 Å². The van der Waals surface area contributed by atoms with E-state index in [4.69, 9.17) is 12.2 Å². The molecule has 25 heavy (non-hydrogen) atoms. The summed E-state index contributed by atoms with van der Waals surface area (Å²) >= 11 is 5.06. The third-order valence-corrected chi connectivity index (χ3v) is 3.35. The fraction of sp³-hybridized carbons (Fsp3) is 0.0588. The van der Waals surface area contributed by atoms with Crippen LogP contribution in [-0.2, 0) is 11.3 Å². The SMILES string of the molecule is O=C(C=Cc1cccc([N+](=O)[O-])c1)NNC(=S)NCc1ccccc1. The molecule has 0 aromatic heterocycles. The van der Waals surface area contributed by atoms with Gasteiger partial charge in [0.1, 0.15) is 0 Å². The molecule has 8 heteroatoms. The quantitative estimate of drug-likeness (QED) is 0.329. The lowest BCUT2D eigenvalue weighted by Crippen LogP contribution is -2.45. The first kappa shape index (κ1) is 18.1. The van der Waals surface area contributed by atoms with E-state index in [2.05, 4.69) is 16.2 Å². The number of thiocarbonyl (C=S) groups is 1. The predicted molar refractivity (Wildman–Crippen MR) is 99.3 cm³/mol. The van der Waals surface area contributed by atoms with Gasteiger partial charge in [0.2, 0.25) is 0 Å². The Kier molecular flexibility index (Phi) is 6.61. The molecule has 1 amide bonds. The average Bonchev–Trinajstić information content (AvgIpc) is 2.64. The van der Waals surface area contributed by atoms with Crippen molar-refractivity contribution in [1.82, 2.24) is 16.2 Å². The van der Waals surface area contributed by atoms with Gasteiger partial charge in [-0.3, -0.25) is 25.8 Å². The number of carbonyl (C=O) groups is 1. The van der Waals surface area contributed by atoms with Crippen LogP contribution in [0, 0.1) is 10.1 Å². The van der Waals surface area contributed by atoms with E-state index in [1.807, 2.05) is 30.3 Å². The number of amides is 1. The van der Waals surface area contributed by atoms with Crippen molar-refractivity contribution in [2.75, 3.05) is 0 Å². The molecule has 0 heterocycles. The van der Waals surface area contributed by atoms with Gasteiger partial charge in [0, 0.05) is 24.8 Å². The summed E-state index contributed by atoms with van der Waals surface area (Å²) in [5, 5.41) is 13.9. The fourth-order valence-corrected chi connectivity index (χ4v) is 2.02. The molecule has 2 rings (SSSR count). The zero-order chi connectivity index (χ0) is 18.1. The number of carbonyl (C=O) groups excluding carboxylic acids is 1. The van der Waals surface area contributed by atoms with Gasteiger partial charge in [-0.2, -0.15) is 0 Å². The van der Waals surface area contributed by atoms with Crippen molar-refractivity contribution in [2.45, 2.75) is 6.54 Å². The van der Waals surface area contributed by atoms with Gasteiger partial charge in [0.15, 0.2) is 5.11 Å². The largest absolute Gasteiger partial charge is 0.357 e. The van der Waals surface area contributed by atoms with Crippen LogP contribution in [0.5, 0.6) is 0 Å². The fourth-order valence-electron chi connectivity index (χ4n) is 1.90. The normalized spacial score (nSPS) is 10.2. The minimum atomic E-state index is -0.490. The van der Waals surface area contributed by atoms with E-state index in [0.717, 1.165) is 5.56 Å². The molecule has 2 aromatic rings. The minimum absolute atomic E-state index is 0.0352. The standard InChI is InChI=1S/C17H16N4O3S/c22-16(10-9-13-7-4-8-15(11-13)21(23)24)19-20-17(25)18-12-14-5-2-1-3-6-14/h1-11H,12H2,(H,19,22)(H2,18,20,25). The molecule has 0 saturated heterocycles. The Morgan fingerprint density at radius 1 is 1.12 bits per heavy atom. The zero-order valence-electron chi connectivity index (χ0n) is 13.1. The van der Waals surface area contributed by atoms with E-state index in [-0.39, 0.29) is 10.8 Å². The molecule has 0 spiro atoms. The molecule has 0 fully saturated rings. The second-order valence-corrected chi connectivity index (χ2v) is 5.38. The highest BCUT2D eigenvalue weighted by atomic mass is 32.1. The third kappa shape index (κ3) is 6.40. The molecule has 0 saturated carbocycles. The molecule has 2 aromatic carbocycles. The maximum absolute atomic E-state index is 11.7. The number of nitro groups is 1. The van der Waals surface area contributed by atoms with Gasteiger partial charge in [-0.15, -0.1) is 0 Å². The van der Waals surface area contributed by atoms with Crippen LogP contribution in [-0.4, -0.2) is 15.9 Å². The molecular weight excluding hydrogens is 340 g/mol. The average molecular weight is 356 g/mol. The highest BCUT2D eigenvalue weighted by Gasteiger charge is 2.04. The van der Waals surface area contributed by atoms with Crippen molar-refractivity contribution in [2.24, 2.45) is 0 Å². The van der Waals surface area contributed by atoms with Crippen LogP contribution in [0.3, 0.4) is 0 Å². The number of hydrogen-bond acceptors (Lipinski definition) is 4. The van der Waals surface area contributed by atoms with Crippen LogP contribution < -0.4 is 16.2 Å². The van der Waals surface area contributed by atoms with Gasteiger partial charge in [0.05, 0.1) is 4.92 Å². The molecule has 3 N–H and O–H groups in total. The number of hydrazine groups is 1. The first-order chi connectivity index (χ1) is 12.0. The highest BCUT2D eigenvalue weighted by molar-refractivity contribution is 7.80. The van der Waals surface area contributed by atoms with Crippen LogP contribution in [0.4, 0.5) is 5.69 Å². The van der Waals surface area contributed by atoms with E-state index in [9.17, 15) is 14.9 Å². The molecular formula is C17H16N4O3S. The van der Waals surface area contributed by atoms with Gasteiger partial charge < -0.3 is 5.32 Å². The van der Waals surface area contributed by atoms with Crippen molar-refractivity contribution in [3.8, 4) is 0 Å².